The Morgan fingerprint density at radius 2 is 1.63 bits per heavy atom. The van der Waals surface area contributed by atoms with Crippen LogP contribution in [0.5, 0.6) is 0 Å². The van der Waals surface area contributed by atoms with Gasteiger partial charge in [-0.3, -0.25) is 14.4 Å². The second-order valence-electron chi connectivity index (χ2n) is 6.63. The normalized spacial score (nSPS) is 10.9. The van der Waals surface area contributed by atoms with Crippen LogP contribution in [0.15, 0.2) is 30.3 Å². The molecule has 30 heavy (non-hydrogen) atoms. The number of carbonyl (C=O) groups excluding carboxylic acids is 3. The van der Waals surface area contributed by atoms with Crippen LogP contribution in [0.25, 0.3) is 0 Å². The molecule has 0 heterocycles. The van der Waals surface area contributed by atoms with Crippen molar-refractivity contribution in [3.8, 4) is 0 Å². The first kappa shape index (κ1) is 27.5. The van der Waals surface area contributed by atoms with E-state index in [1.54, 1.807) is 6.92 Å². The molecule has 0 saturated heterocycles. The minimum absolute atomic E-state index is 0.124. The second kappa shape index (κ2) is 18.6. The highest BCUT2D eigenvalue weighted by Crippen LogP contribution is 2.02. The van der Waals surface area contributed by atoms with Crippen LogP contribution in [0.4, 0.5) is 0 Å². The molecule has 2 amide bonds. The molecular weight excluding hydrogens is 384 g/mol. The van der Waals surface area contributed by atoms with E-state index in [9.17, 15) is 14.4 Å². The van der Waals surface area contributed by atoms with Crippen molar-refractivity contribution in [2.75, 3.05) is 33.2 Å². The summed E-state index contributed by atoms with van der Waals surface area (Å²) in [7, 11) is 1.93. The Hall–Kier alpha value is -2.45. The predicted octanol–water partition coefficient (Wildman–Crippen LogP) is 1.36. The molecule has 0 aliphatic heterocycles. The molecule has 4 N–H and O–H groups in total. The lowest BCUT2D eigenvalue weighted by molar-refractivity contribution is -0.145. The van der Waals surface area contributed by atoms with Gasteiger partial charge in [0.25, 0.3) is 0 Å². The number of rotatable bonds is 13. The van der Waals surface area contributed by atoms with Crippen LogP contribution < -0.4 is 21.3 Å². The Balaban J connectivity index is 0.00000192. The van der Waals surface area contributed by atoms with Crippen molar-refractivity contribution in [2.45, 2.75) is 52.7 Å². The minimum atomic E-state index is -0.284. The number of benzene rings is 1. The smallest absolute Gasteiger partial charge is 0.306 e. The van der Waals surface area contributed by atoms with Crippen molar-refractivity contribution in [3.05, 3.63) is 35.9 Å². The average molecular weight is 423 g/mol. The molecule has 170 valence electrons. The van der Waals surface area contributed by atoms with E-state index in [0.29, 0.717) is 26.1 Å². The number of ether oxygens (including phenoxy) is 1. The zero-order chi connectivity index (χ0) is 22.6. The van der Waals surface area contributed by atoms with E-state index < -0.39 is 0 Å². The zero-order valence-corrected chi connectivity index (χ0v) is 18.8. The largest absolute Gasteiger partial charge is 0.461 e. The van der Waals surface area contributed by atoms with Crippen molar-refractivity contribution in [3.63, 3.8) is 0 Å². The maximum atomic E-state index is 11.7. The van der Waals surface area contributed by atoms with Gasteiger partial charge < -0.3 is 26.0 Å². The van der Waals surface area contributed by atoms with E-state index in [2.05, 4.69) is 28.2 Å². The molecule has 1 aromatic carbocycles. The van der Waals surface area contributed by atoms with E-state index >= 15 is 0 Å². The molecule has 0 bridgehead atoms. The molecule has 0 aliphatic rings. The molecule has 8 nitrogen and oxygen atoms in total. The van der Waals surface area contributed by atoms with Gasteiger partial charge in [-0.15, -0.1) is 0 Å². The first-order valence-corrected chi connectivity index (χ1v) is 10.6. The van der Waals surface area contributed by atoms with Crippen LogP contribution in [0.1, 0.15) is 45.6 Å². The Morgan fingerprint density at radius 3 is 2.23 bits per heavy atom. The van der Waals surface area contributed by atoms with Crippen LogP contribution in [0.2, 0.25) is 0 Å². The number of hydrogen-bond donors (Lipinski definition) is 4. The maximum Gasteiger partial charge on any atom is 0.306 e. The summed E-state index contributed by atoms with van der Waals surface area (Å²) in [6.07, 6.45) is 0.982. The van der Waals surface area contributed by atoms with Gasteiger partial charge >= 0.3 is 5.97 Å². The van der Waals surface area contributed by atoms with Crippen LogP contribution >= 0.6 is 0 Å². The SMILES string of the molecule is CCNC.CCNC(C)C(=O)NCCC(=O)NCCCC(=O)OCc1ccccc1. The molecule has 0 aromatic heterocycles. The zero-order valence-electron chi connectivity index (χ0n) is 18.8. The lowest BCUT2D eigenvalue weighted by Crippen LogP contribution is -2.43. The molecular formula is C22H38N4O4. The van der Waals surface area contributed by atoms with Crippen molar-refractivity contribution in [1.82, 2.24) is 21.3 Å². The number of amides is 2. The highest BCUT2D eigenvalue weighted by molar-refractivity contribution is 5.82. The van der Waals surface area contributed by atoms with E-state index in [1.165, 1.54) is 0 Å². The fourth-order valence-electron chi connectivity index (χ4n) is 2.21. The van der Waals surface area contributed by atoms with Crippen molar-refractivity contribution >= 4 is 17.8 Å². The Kier molecular flexibility index (Phi) is 17.1. The van der Waals surface area contributed by atoms with E-state index in [-0.39, 0.29) is 43.3 Å². The molecule has 8 heteroatoms. The van der Waals surface area contributed by atoms with Crippen LogP contribution in [-0.4, -0.2) is 57.1 Å². The van der Waals surface area contributed by atoms with Gasteiger partial charge in [0.2, 0.25) is 11.8 Å². The number of hydrogen-bond acceptors (Lipinski definition) is 6. The third-order valence-electron chi connectivity index (χ3n) is 4.03. The monoisotopic (exact) mass is 422 g/mol. The van der Waals surface area contributed by atoms with Gasteiger partial charge in [0.15, 0.2) is 0 Å². The molecule has 0 spiro atoms. The highest BCUT2D eigenvalue weighted by Gasteiger charge is 2.11. The summed E-state index contributed by atoms with van der Waals surface area (Å²) in [5.41, 5.74) is 0.944. The second-order valence-corrected chi connectivity index (χ2v) is 6.63. The number of carbonyl (C=O) groups is 3. The first-order chi connectivity index (χ1) is 14.4. The summed E-state index contributed by atoms with van der Waals surface area (Å²) in [6, 6.07) is 9.20. The molecule has 0 aliphatic carbocycles. The first-order valence-electron chi connectivity index (χ1n) is 10.6. The maximum absolute atomic E-state index is 11.7. The van der Waals surface area contributed by atoms with Gasteiger partial charge in [-0.2, -0.15) is 0 Å². The minimum Gasteiger partial charge on any atom is -0.461 e. The lowest BCUT2D eigenvalue weighted by atomic mass is 10.2. The topological polar surface area (TPSA) is 109 Å². The van der Waals surface area contributed by atoms with E-state index in [0.717, 1.165) is 12.1 Å². The Labute approximate surface area is 180 Å². The van der Waals surface area contributed by atoms with Gasteiger partial charge in [-0.05, 0) is 39.0 Å². The summed E-state index contributed by atoms with van der Waals surface area (Å²) in [5, 5.41) is 11.4. The van der Waals surface area contributed by atoms with Crippen LogP contribution in [0, 0.1) is 0 Å². The fourth-order valence-corrected chi connectivity index (χ4v) is 2.21. The molecule has 1 aromatic rings. The number of likely N-dealkylation sites (N-methyl/N-ethyl adjacent to an activating group) is 1. The van der Waals surface area contributed by atoms with Crippen LogP contribution in [-0.2, 0) is 25.7 Å². The van der Waals surface area contributed by atoms with Gasteiger partial charge in [-0.25, -0.2) is 0 Å². The Morgan fingerprint density at radius 1 is 0.967 bits per heavy atom. The molecule has 0 radical (unpaired) electrons. The van der Waals surface area contributed by atoms with Crippen molar-refractivity contribution in [2.24, 2.45) is 0 Å². The average Bonchev–Trinajstić information content (AvgIpc) is 2.76. The fraction of sp³-hybridized carbons (Fsp3) is 0.591. The third kappa shape index (κ3) is 15.5. The van der Waals surface area contributed by atoms with E-state index in [1.807, 2.05) is 44.3 Å². The summed E-state index contributed by atoms with van der Waals surface area (Å²) in [5.74, 6) is -0.562. The molecule has 0 saturated carbocycles. The van der Waals surface area contributed by atoms with Gasteiger partial charge in [0.05, 0.1) is 6.04 Å². The lowest BCUT2D eigenvalue weighted by Gasteiger charge is -2.12. The third-order valence-corrected chi connectivity index (χ3v) is 4.03. The quantitative estimate of drug-likeness (QED) is 0.282. The van der Waals surface area contributed by atoms with Gasteiger partial charge in [0.1, 0.15) is 6.61 Å². The summed E-state index contributed by atoms with van der Waals surface area (Å²) in [4.78, 5) is 35.0. The summed E-state index contributed by atoms with van der Waals surface area (Å²) in [6.45, 7) is 8.50. The summed E-state index contributed by atoms with van der Waals surface area (Å²) >= 11 is 0. The number of esters is 1. The molecule has 0 fully saturated rings. The van der Waals surface area contributed by atoms with Crippen LogP contribution in [0.3, 0.4) is 0 Å². The summed E-state index contributed by atoms with van der Waals surface area (Å²) < 4.78 is 5.16. The van der Waals surface area contributed by atoms with Gasteiger partial charge in [-0.1, -0.05) is 44.2 Å². The van der Waals surface area contributed by atoms with Crippen molar-refractivity contribution in [1.29, 1.82) is 0 Å². The van der Waals surface area contributed by atoms with E-state index in [4.69, 9.17) is 4.74 Å². The van der Waals surface area contributed by atoms with Gasteiger partial charge in [0, 0.05) is 25.9 Å². The molecule has 1 atom stereocenters. The standard InChI is InChI=1S/C19H29N3O4.C3H9N/c1-3-20-15(2)19(25)22-13-11-17(23)21-12-7-10-18(24)26-14-16-8-5-4-6-9-16;1-3-4-2/h4-6,8-9,15,20H,3,7,10-14H2,1-2H3,(H,21,23)(H,22,25);4H,3H2,1-2H3. The predicted molar refractivity (Wildman–Crippen MR) is 119 cm³/mol. The molecule has 1 rings (SSSR count). The Bertz CT molecular complexity index is 594. The number of nitrogens with one attached hydrogen (secondary N) is 4. The molecule has 1 unspecified atom stereocenters. The van der Waals surface area contributed by atoms with Crippen molar-refractivity contribution < 1.29 is 19.1 Å². The highest BCUT2D eigenvalue weighted by atomic mass is 16.5.